The molecule has 0 aromatic heterocycles. The van der Waals surface area contributed by atoms with Crippen LogP contribution >= 0.6 is 0 Å². The summed E-state index contributed by atoms with van der Waals surface area (Å²) in [6, 6.07) is 0.600. The molecule has 1 atom stereocenters. The Morgan fingerprint density at radius 1 is 1.26 bits per heavy atom. The molecule has 2 saturated heterocycles. The molecule has 1 unspecified atom stereocenters. The number of nitrogens with one attached hydrogen (secondary N) is 1. The molecule has 2 heterocycles. The van der Waals surface area contributed by atoms with Crippen molar-refractivity contribution in [2.75, 3.05) is 45.9 Å². The summed E-state index contributed by atoms with van der Waals surface area (Å²) in [5.74, 6) is 0. The van der Waals surface area contributed by atoms with Crippen LogP contribution in [-0.4, -0.2) is 79.5 Å². The van der Waals surface area contributed by atoms with E-state index in [2.05, 4.69) is 17.1 Å². The van der Waals surface area contributed by atoms with E-state index in [4.69, 9.17) is 9.47 Å². The van der Waals surface area contributed by atoms with Gasteiger partial charge in [-0.15, -0.1) is 0 Å². The minimum Gasteiger partial charge on any atom is -0.444 e. The van der Waals surface area contributed by atoms with Crippen LogP contribution < -0.4 is 5.32 Å². The highest BCUT2D eigenvalue weighted by Crippen LogP contribution is 2.15. The summed E-state index contributed by atoms with van der Waals surface area (Å²) in [7, 11) is 0. The van der Waals surface area contributed by atoms with E-state index in [0.717, 1.165) is 26.2 Å². The lowest BCUT2D eigenvalue weighted by Crippen LogP contribution is -2.55. The molecule has 2 fully saturated rings. The Hall–Kier alpha value is -0.850. The molecule has 2 aliphatic heterocycles. The topological polar surface area (TPSA) is 54.0 Å². The van der Waals surface area contributed by atoms with Crippen molar-refractivity contribution in [2.45, 2.75) is 58.2 Å². The third-order valence-electron chi connectivity index (χ3n) is 4.53. The molecular weight excluding hydrogens is 294 g/mol. The van der Waals surface area contributed by atoms with Crippen LogP contribution in [0.2, 0.25) is 0 Å². The highest BCUT2D eigenvalue weighted by atomic mass is 16.6. The van der Waals surface area contributed by atoms with Gasteiger partial charge in [-0.05, 0) is 53.2 Å². The number of amides is 1. The maximum Gasteiger partial charge on any atom is 0.410 e. The average molecular weight is 327 g/mol. The predicted molar refractivity (Wildman–Crippen MR) is 90.7 cm³/mol. The van der Waals surface area contributed by atoms with Gasteiger partial charge in [-0.25, -0.2) is 4.79 Å². The van der Waals surface area contributed by atoms with Crippen molar-refractivity contribution in [3.05, 3.63) is 0 Å². The van der Waals surface area contributed by atoms with Crippen LogP contribution in [0, 0.1) is 0 Å². The smallest absolute Gasteiger partial charge is 0.410 e. The zero-order chi connectivity index (χ0) is 16.9. The number of rotatable bonds is 4. The first-order valence-corrected chi connectivity index (χ1v) is 8.92. The molecule has 0 bridgehead atoms. The molecule has 2 aliphatic rings. The molecule has 0 aromatic carbocycles. The number of hydrogen-bond acceptors (Lipinski definition) is 5. The van der Waals surface area contributed by atoms with Crippen molar-refractivity contribution >= 4 is 6.09 Å². The Morgan fingerprint density at radius 2 is 1.96 bits per heavy atom. The molecule has 1 amide bonds. The summed E-state index contributed by atoms with van der Waals surface area (Å²) < 4.78 is 11.1. The number of carbonyl (C=O) groups is 1. The molecule has 0 aromatic rings. The van der Waals surface area contributed by atoms with Crippen LogP contribution in [0.4, 0.5) is 4.79 Å². The van der Waals surface area contributed by atoms with Crippen LogP contribution in [0.3, 0.4) is 0 Å². The number of hydrogen-bond donors (Lipinski definition) is 1. The molecule has 0 radical (unpaired) electrons. The summed E-state index contributed by atoms with van der Waals surface area (Å²) in [6.45, 7) is 13.9. The van der Waals surface area contributed by atoms with Gasteiger partial charge in [0.1, 0.15) is 5.60 Å². The number of carbonyl (C=O) groups excluding carboxylic acids is 1. The summed E-state index contributed by atoms with van der Waals surface area (Å²) in [5.41, 5.74) is -0.458. The normalized spacial score (nSPS) is 24.7. The second-order valence-corrected chi connectivity index (χ2v) is 7.52. The molecule has 0 spiro atoms. The fourth-order valence-electron chi connectivity index (χ4n) is 3.14. The van der Waals surface area contributed by atoms with Crippen LogP contribution in [0.5, 0.6) is 0 Å². The van der Waals surface area contributed by atoms with Gasteiger partial charge in [-0.3, -0.25) is 4.90 Å². The first kappa shape index (κ1) is 18.5. The molecule has 134 valence electrons. The van der Waals surface area contributed by atoms with E-state index in [1.54, 1.807) is 0 Å². The second-order valence-electron chi connectivity index (χ2n) is 7.52. The molecule has 0 saturated carbocycles. The van der Waals surface area contributed by atoms with Crippen molar-refractivity contribution in [1.29, 1.82) is 0 Å². The van der Waals surface area contributed by atoms with Crippen molar-refractivity contribution in [3.63, 3.8) is 0 Å². The minimum absolute atomic E-state index is 0.0582. The SMILES string of the molecule is CCN1CCC(NCC2COCCN2C(=O)OC(C)(C)C)CC1. The standard InChI is InChI=1S/C17H33N3O3/c1-5-19-8-6-14(7-9-19)18-12-15-13-22-11-10-20(15)16(21)23-17(2,3)4/h14-15,18H,5-13H2,1-4H3. The lowest BCUT2D eigenvalue weighted by atomic mass is 10.0. The molecule has 2 rings (SSSR count). The van der Waals surface area contributed by atoms with E-state index in [1.165, 1.54) is 12.8 Å². The summed E-state index contributed by atoms with van der Waals surface area (Å²) in [4.78, 5) is 16.7. The minimum atomic E-state index is -0.458. The third kappa shape index (κ3) is 5.94. The lowest BCUT2D eigenvalue weighted by Gasteiger charge is -2.38. The predicted octanol–water partition coefficient (Wildman–Crippen LogP) is 1.70. The Morgan fingerprint density at radius 3 is 2.57 bits per heavy atom. The summed E-state index contributed by atoms with van der Waals surface area (Å²) in [6.07, 6.45) is 2.12. The summed E-state index contributed by atoms with van der Waals surface area (Å²) in [5, 5.41) is 3.63. The van der Waals surface area contributed by atoms with Gasteiger partial charge < -0.3 is 19.7 Å². The monoisotopic (exact) mass is 327 g/mol. The second kappa shape index (κ2) is 8.31. The van der Waals surface area contributed by atoms with Gasteiger partial charge in [-0.1, -0.05) is 6.92 Å². The number of ether oxygens (including phenoxy) is 2. The lowest BCUT2D eigenvalue weighted by molar-refractivity contribution is -0.0325. The maximum atomic E-state index is 12.4. The molecular formula is C17H33N3O3. The highest BCUT2D eigenvalue weighted by molar-refractivity contribution is 5.68. The maximum absolute atomic E-state index is 12.4. The van der Waals surface area contributed by atoms with Crippen molar-refractivity contribution in [1.82, 2.24) is 15.1 Å². The quantitative estimate of drug-likeness (QED) is 0.852. The van der Waals surface area contributed by atoms with Gasteiger partial charge in [0.25, 0.3) is 0 Å². The Labute approximate surface area is 140 Å². The van der Waals surface area contributed by atoms with Gasteiger partial charge in [-0.2, -0.15) is 0 Å². The fourth-order valence-corrected chi connectivity index (χ4v) is 3.14. The van der Waals surface area contributed by atoms with Crippen LogP contribution in [0.25, 0.3) is 0 Å². The third-order valence-corrected chi connectivity index (χ3v) is 4.53. The number of piperidine rings is 1. The van der Waals surface area contributed by atoms with Gasteiger partial charge >= 0.3 is 6.09 Å². The molecule has 0 aliphatic carbocycles. The van der Waals surface area contributed by atoms with Gasteiger partial charge in [0.15, 0.2) is 0 Å². The molecule has 23 heavy (non-hydrogen) atoms. The van der Waals surface area contributed by atoms with Crippen LogP contribution in [0.15, 0.2) is 0 Å². The van der Waals surface area contributed by atoms with Crippen LogP contribution in [0.1, 0.15) is 40.5 Å². The Kier molecular flexibility index (Phi) is 6.68. The number of likely N-dealkylation sites (tertiary alicyclic amines) is 1. The van der Waals surface area contributed by atoms with Crippen molar-refractivity contribution < 1.29 is 14.3 Å². The van der Waals surface area contributed by atoms with Crippen molar-refractivity contribution in [3.8, 4) is 0 Å². The number of morpholine rings is 1. The molecule has 1 N–H and O–H groups in total. The van der Waals surface area contributed by atoms with E-state index in [0.29, 0.717) is 25.8 Å². The molecule has 6 nitrogen and oxygen atoms in total. The van der Waals surface area contributed by atoms with Crippen molar-refractivity contribution in [2.24, 2.45) is 0 Å². The van der Waals surface area contributed by atoms with E-state index < -0.39 is 5.60 Å². The first-order valence-electron chi connectivity index (χ1n) is 8.92. The first-order chi connectivity index (χ1) is 10.9. The van der Waals surface area contributed by atoms with E-state index in [-0.39, 0.29) is 12.1 Å². The van der Waals surface area contributed by atoms with E-state index in [1.807, 2.05) is 25.7 Å². The largest absolute Gasteiger partial charge is 0.444 e. The fraction of sp³-hybridized carbons (Fsp3) is 0.941. The average Bonchev–Trinajstić information content (AvgIpc) is 2.52. The van der Waals surface area contributed by atoms with Crippen LogP contribution in [-0.2, 0) is 9.47 Å². The zero-order valence-corrected chi connectivity index (χ0v) is 15.1. The van der Waals surface area contributed by atoms with E-state index >= 15 is 0 Å². The Bertz CT molecular complexity index is 376. The zero-order valence-electron chi connectivity index (χ0n) is 15.1. The number of nitrogens with zero attached hydrogens (tertiary/aromatic N) is 2. The van der Waals surface area contributed by atoms with E-state index in [9.17, 15) is 4.79 Å². The highest BCUT2D eigenvalue weighted by Gasteiger charge is 2.31. The van der Waals surface area contributed by atoms with Gasteiger partial charge in [0, 0.05) is 19.1 Å². The molecule has 6 heteroatoms. The van der Waals surface area contributed by atoms with Gasteiger partial charge in [0.05, 0.1) is 19.3 Å². The Balaban J connectivity index is 1.81. The van der Waals surface area contributed by atoms with Gasteiger partial charge in [0.2, 0.25) is 0 Å². The summed E-state index contributed by atoms with van der Waals surface area (Å²) >= 11 is 0.